The fraction of sp³-hybridized carbons (Fsp3) is 0.500. The van der Waals surface area contributed by atoms with E-state index >= 15 is 0 Å². The van der Waals surface area contributed by atoms with Crippen LogP contribution in [0.2, 0.25) is 0 Å². The van der Waals surface area contributed by atoms with E-state index in [-0.39, 0.29) is 30.1 Å². The van der Waals surface area contributed by atoms with Gasteiger partial charge in [-0.15, -0.1) is 24.0 Å². The topological polar surface area (TPSA) is 110 Å². The lowest BCUT2D eigenvalue weighted by molar-refractivity contribution is -0.00799. The molecule has 12 heteroatoms. The minimum absolute atomic E-state index is 0. The summed E-state index contributed by atoms with van der Waals surface area (Å²) < 4.78 is 9.45. The van der Waals surface area contributed by atoms with E-state index in [1.165, 1.54) is 0 Å². The number of ether oxygens (including phenoxy) is 1. The number of nitrogens with one attached hydrogen (secondary N) is 2. The van der Waals surface area contributed by atoms with Gasteiger partial charge in [0.15, 0.2) is 11.6 Å². The summed E-state index contributed by atoms with van der Waals surface area (Å²) in [6.07, 6.45) is 7.17. The van der Waals surface area contributed by atoms with Crippen LogP contribution < -0.4 is 10.6 Å². The number of guanidine groups is 1. The second-order valence-corrected chi connectivity index (χ2v) is 6.88. The molecule has 0 amide bonds. The first-order chi connectivity index (χ1) is 14.2. The van der Waals surface area contributed by atoms with Crippen LogP contribution >= 0.6 is 24.0 Å². The minimum atomic E-state index is -0.00555. The molecular weight excluding hydrogens is 499 g/mol. The molecule has 3 aromatic heterocycles. The minimum Gasteiger partial charge on any atom is -0.370 e. The maximum atomic E-state index is 5.92. The van der Waals surface area contributed by atoms with E-state index < -0.39 is 0 Å². The maximum Gasteiger partial charge on any atom is 0.193 e. The van der Waals surface area contributed by atoms with Gasteiger partial charge in [-0.1, -0.05) is 0 Å². The summed E-state index contributed by atoms with van der Waals surface area (Å²) in [7, 11) is 5.58. The van der Waals surface area contributed by atoms with Crippen molar-refractivity contribution < 1.29 is 4.74 Å². The first-order valence-corrected chi connectivity index (χ1v) is 9.58. The number of nitrogens with zero attached hydrogens (tertiary/aromatic N) is 8. The van der Waals surface area contributed by atoms with E-state index in [4.69, 9.17) is 4.74 Å². The maximum absolute atomic E-state index is 5.92. The molecular formula is C18H27IN10O. The van der Waals surface area contributed by atoms with Gasteiger partial charge in [0.05, 0.1) is 30.9 Å². The molecule has 4 rings (SSSR count). The van der Waals surface area contributed by atoms with Crippen LogP contribution in [0.3, 0.4) is 0 Å². The van der Waals surface area contributed by atoms with Crippen molar-refractivity contribution in [2.24, 2.45) is 19.1 Å². The third-order valence-corrected chi connectivity index (χ3v) is 4.90. The van der Waals surface area contributed by atoms with Gasteiger partial charge in [0.1, 0.15) is 18.2 Å². The van der Waals surface area contributed by atoms with Crippen LogP contribution in [-0.4, -0.2) is 80.2 Å². The van der Waals surface area contributed by atoms with Gasteiger partial charge in [-0.05, 0) is 0 Å². The number of rotatable bonds is 5. The molecule has 1 aliphatic heterocycles. The van der Waals surface area contributed by atoms with Crippen LogP contribution in [0.1, 0.15) is 11.7 Å². The Morgan fingerprint density at radius 2 is 2.10 bits per heavy atom. The Morgan fingerprint density at radius 1 is 1.23 bits per heavy atom. The summed E-state index contributed by atoms with van der Waals surface area (Å²) >= 11 is 0. The van der Waals surface area contributed by atoms with Crippen LogP contribution in [0.4, 0.5) is 5.82 Å². The standard InChI is InChI=1S/C18H26N10O.HI/c1-19-18(28-6-7-29-15(11-28)13-8-24-26(2)10-13)21-5-4-20-16-14-9-25-27(3)17(14)23-12-22-16;/h8-10,12,15H,4-7,11H2,1-3H3,(H,19,21)(H,20,22,23);1H. The smallest absolute Gasteiger partial charge is 0.193 e. The number of aromatic nitrogens is 6. The van der Waals surface area contributed by atoms with Crippen molar-refractivity contribution in [2.45, 2.75) is 6.10 Å². The SMILES string of the molecule is CN=C(NCCNc1ncnc2c1cnn2C)N1CCOC(c2cnn(C)c2)C1.I. The van der Waals surface area contributed by atoms with Crippen molar-refractivity contribution in [3.63, 3.8) is 0 Å². The van der Waals surface area contributed by atoms with Crippen LogP contribution in [0.15, 0.2) is 29.9 Å². The van der Waals surface area contributed by atoms with E-state index in [0.717, 1.165) is 41.5 Å². The highest BCUT2D eigenvalue weighted by Gasteiger charge is 2.25. The van der Waals surface area contributed by atoms with Crippen LogP contribution in [0.5, 0.6) is 0 Å². The Labute approximate surface area is 191 Å². The largest absolute Gasteiger partial charge is 0.370 e. The average molecular weight is 526 g/mol. The van der Waals surface area contributed by atoms with Crippen molar-refractivity contribution in [1.29, 1.82) is 0 Å². The first kappa shape index (κ1) is 22.2. The molecule has 1 fully saturated rings. The van der Waals surface area contributed by atoms with Crippen molar-refractivity contribution in [3.8, 4) is 0 Å². The van der Waals surface area contributed by atoms with Gasteiger partial charge in [-0.25, -0.2) is 9.97 Å². The number of aliphatic imine (C=N–C) groups is 1. The third kappa shape index (κ3) is 4.80. The Bertz CT molecular complexity index is 1000. The van der Waals surface area contributed by atoms with Crippen LogP contribution in [-0.2, 0) is 18.8 Å². The zero-order chi connectivity index (χ0) is 20.2. The molecule has 0 aromatic carbocycles. The van der Waals surface area contributed by atoms with Gasteiger partial charge < -0.3 is 20.3 Å². The van der Waals surface area contributed by atoms with Gasteiger partial charge in [0.25, 0.3) is 0 Å². The fourth-order valence-electron chi connectivity index (χ4n) is 3.44. The Hall–Kier alpha value is -2.48. The molecule has 3 aromatic rings. The summed E-state index contributed by atoms with van der Waals surface area (Å²) in [5, 5.41) is 16.1. The van der Waals surface area contributed by atoms with Crippen molar-refractivity contribution in [3.05, 3.63) is 30.5 Å². The van der Waals surface area contributed by atoms with Crippen LogP contribution in [0.25, 0.3) is 11.0 Å². The molecule has 0 spiro atoms. The van der Waals surface area contributed by atoms with Gasteiger partial charge >= 0.3 is 0 Å². The number of halogens is 1. The highest BCUT2D eigenvalue weighted by Crippen LogP contribution is 2.21. The number of fused-ring (bicyclic) bond motifs is 1. The van der Waals surface area contributed by atoms with Gasteiger partial charge in [-0.2, -0.15) is 10.2 Å². The summed E-state index contributed by atoms with van der Waals surface area (Å²) in [6.45, 7) is 3.58. The molecule has 0 bridgehead atoms. The number of morpholine rings is 1. The zero-order valence-electron chi connectivity index (χ0n) is 17.3. The Balaban J connectivity index is 0.00000256. The fourth-order valence-corrected chi connectivity index (χ4v) is 3.44. The number of anilines is 1. The van der Waals surface area contributed by atoms with Gasteiger partial charge in [-0.3, -0.25) is 14.4 Å². The molecule has 1 saturated heterocycles. The molecule has 0 radical (unpaired) electrons. The molecule has 0 saturated carbocycles. The van der Waals surface area contributed by atoms with Gasteiger partial charge in [0.2, 0.25) is 0 Å². The van der Waals surface area contributed by atoms with E-state index in [1.807, 2.05) is 26.5 Å². The number of hydrogen-bond acceptors (Lipinski definition) is 7. The van der Waals surface area contributed by atoms with E-state index in [1.54, 1.807) is 28.9 Å². The quantitative estimate of drug-likeness (QED) is 0.217. The Kier molecular flexibility index (Phi) is 7.42. The van der Waals surface area contributed by atoms with Gasteiger partial charge in [0, 0.05) is 52.5 Å². The monoisotopic (exact) mass is 526 g/mol. The zero-order valence-corrected chi connectivity index (χ0v) is 19.6. The highest BCUT2D eigenvalue weighted by atomic mass is 127. The summed E-state index contributed by atoms with van der Waals surface area (Å²) in [5.74, 6) is 1.64. The summed E-state index contributed by atoms with van der Waals surface area (Å²) in [6, 6.07) is 0. The predicted octanol–water partition coefficient (Wildman–Crippen LogP) is 0.776. The first-order valence-electron chi connectivity index (χ1n) is 9.58. The molecule has 1 aliphatic rings. The van der Waals surface area contributed by atoms with Crippen molar-refractivity contribution >= 4 is 46.8 Å². The Morgan fingerprint density at radius 3 is 2.87 bits per heavy atom. The number of aryl methyl sites for hydroxylation is 2. The summed E-state index contributed by atoms with van der Waals surface area (Å²) in [4.78, 5) is 15.2. The lowest BCUT2D eigenvalue weighted by Gasteiger charge is -2.34. The highest BCUT2D eigenvalue weighted by molar-refractivity contribution is 14.0. The molecule has 1 unspecified atom stereocenters. The molecule has 4 heterocycles. The summed E-state index contributed by atoms with van der Waals surface area (Å²) in [5.41, 5.74) is 1.89. The molecule has 11 nitrogen and oxygen atoms in total. The average Bonchev–Trinajstić information content (AvgIpc) is 3.35. The van der Waals surface area contributed by atoms with E-state index in [9.17, 15) is 0 Å². The second kappa shape index (κ2) is 10.0. The molecule has 30 heavy (non-hydrogen) atoms. The van der Waals surface area contributed by atoms with Crippen LogP contribution in [0, 0.1) is 0 Å². The molecule has 2 N–H and O–H groups in total. The van der Waals surface area contributed by atoms with Crippen molar-refractivity contribution in [2.75, 3.05) is 45.2 Å². The van der Waals surface area contributed by atoms with Crippen molar-refractivity contribution in [1.82, 2.24) is 39.7 Å². The molecule has 0 aliphatic carbocycles. The lowest BCUT2D eigenvalue weighted by atomic mass is 10.1. The predicted molar refractivity (Wildman–Crippen MR) is 125 cm³/mol. The molecule has 1 atom stereocenters. The number of hydrogen-bond donors (Lipinski definition) is 2. The normalized spacial score (nSPS) is 17.1. The third-order valence-electron chi connectivity index (χ3n) is 4.90. The van der Waals surface area contributed by atoms with E-state index in [2.05, 4.69) is 40.7 Å². The second-order valence-electron chi connectivity index (χ2n) is 6.88. The molecule has 162 valence electrons. The van der Waals surface area contributed by atoms with E-state index in [0.29, 0.717) is 19.7 Å². The lowest BCUT2D eigenvalue weighted by Crippen LogP contribution is -2.49.